The molecule has 4 rings (SSSR count). The maximum atomic E-state index is 12.5. The van der Waals surface area contributed by atoms with Crippen molar-refractivity contribution in [3.63, 3.8) is 0 Å². The van der Waals surface area contributed by atoms with E-state index in [1.165, 1.54) is 11.3 Å². The van der Waals surface area contributed by atoms with Crippen molar-refractivity contribution in [2.24, 2.45) is 0 Å². The number of hydrogen-bond acceptors (Lipinski definition) is 6. The van der Waals surface area contributed by atoms with Crippen molar-refractivity contribution in [3.05, 3.63) is 51.8 Å². The third kappa shape index (κ3) is 2.88. The molecule has 7 heteroatoms. The zero-order valence-corrected chi connectivity index (χ0v) is 14.5. The normalized spacial score (nSPS) is 12.4. The Kier molecular flexibility index (Phi) is 3.95. The number of carbonyl (C=O) groups excluding carboxylic acids is 1. The molecule has 0 saturated heterocycles. The average molecular weight is 358 g/mol. The number of hydrogen-bond donors (Lipinski definition) is 1. The summed E-state index contributed by atoms with van der Waals surface area (Å²) in [5.74, 6) is 1.35. The summed E-state index contributed by atoms with van der Waals surface area (Å²) in [5, 5.41) is 5.83. The molecule has 1 amide bonds. The highest BCUT2D eigenvalue weighted by Crippen LogP contribution is 2.33. The summed E-state index contributed by atoms with van der Waals surface area (Å²) in [5.41, 5.74) is 1.72. The Bertz CT molecular complexity index is 887. The van der Waals surface area contributed by atoms with Gasteiger partial charge in [-0.2, -0.15) is 0 Å². The summed E-state index contributed by atoms with van der Waals surface area (Å²) < 4.78 is 10.6. The first kappa shape index (κ1) is 15.2. The van der Waals surface area contributed by atoms with Crippen molar-refractivity contribution in [3.8, 4) is 21.4 Å². The second-order valence-electron chi connectivity index (χ2n) is 5.28. The minimum absolute atomic E-state index is 0.106. The molecule has 122 valence electrons. The van der Waals surface area contributed by atoms with Crippen LogP contribution in [0.4, 0.5) is 0 Å². The first-order valence-corrected chi connectivity index (χ1v) is 9.08. The van der Waals surface area contributed by atoms with E-state index in [4.69, 9.17) is 9.47 Å². The molecule has 5 nitrogen and oxygen atoms in total. The van der Waals surface area contributed by atoms with Gasteiger partial charge in [-0.3, -0.25) is 4.79 Å². The Morgan fingerprint density at radius 3 is 3.00 bits per heavy atom. The molecular weight excluding hydrogens is 344 g/mol. The predicted molar refractivity (Wildman–Crippen MR) is 93.9 cm³/mol. The number of thiophene rings is 1. The molecule has 0 radical (unpaired) electrons. The highest BCUT2D eigenvalue weighted by atomic mass is 32.1. The van der Waals surface area contributed by atoms with Crippen LogP contribution in [-0.2, 0) is 6.54 Å². The first-order chi connectivity index (χ1) is 11.7. The fourth-order valence-electron chi connectivity index (χ4n) is 2.43. The van der Waals surface area contributed by atoms with E-state index in [9.17, 15) is 4.79 Å². The highest BCUT2D eigenvalue weighted by molar-refractivity contribution is 7.22. The lowest BCUT2D eigenvalue weighted by molar-refractivity contribution is 0.0954. The fourth-order valence-corrected chi connectivity index (χ4v) is 4.21. The summed E-state index contributed by atoms with van der Waals surface area (Å²) in [6.45, 7) is 2.54. The number of aromatic nitrogens is 1. The molecule has 0 spiro atoms. The Balaban J connectivity index is 1.47. The molecule has 0 bridgehead atoms. The van der Waals surface area contributed by atoms with Gasteiger partial charge in [-0.15, -0.1) is 22.7 Å². The van der Waals surface area contributed by atoms with E-state index in [-0.39, 0.29) is 12.7 Å². The van der Waals surface area contributed by atoms with Gasteiger partial charge in [-0.25, -0.2) is 4.98 Å². The standard InChI is InChI=1S/C17H14N2O3S2/c1-10-15(24-17(19-10)14-3-2-6-23-14)16(20)18-8-11-4-5-12-13(7-11)22-9-21-12/h2-7H,8-9H2,1H3,(H,18,20). The maximum absolute atomic E-state index is 12.5. The molecule has 0 unspecified atom stereocenters. The van der Waals surface area contributed by atoms with Gasteiger partial charge in [0.05, 0.1) is 10.6 Å². The lowest BCUT2D eigenvalue weighted by Crippen LogP contribution is -2.22. The van der Waals surface area contributed by atoms with E-state index in [1.807, 2.05) is 42.6 Å². The molecule has 1 aliphatic rings. The van der Waals surface area contributed by atoms with Crippen molar-refractivity contribution in [2.75, 3.05) is 6.79 Å². The second-order valence-corrected chi connectivity index (χ2v) is 7.23. The van der Waals surface area contributed by atoms with Gasteiger partial charge in [0, 0.05) is 6.54 Å². The number of fused-ring (bicyclic) bond motifs is 1. The summed E-state index contributed by atoms with van der Waals surface area (Å²) >= 11 is 3.04. The number of ether oxygens (including phenoxy) is 2. The summed E-state index contributed by atoms with van der Waals surface area (Å²) in [4.78, 5) is 18.7. The molecule has 0 aliphatic carbocycles. The Hall–Kier alpha value is -2.38. The minimum Gasteiger partial charge on any atom is -0.454 e. The van der Waals surface area contributed by atoms with E-state index in [0.717, 1.165) is 32.6 Å². The number of rotatable bonds is 4. The van der Waals surface area contributed by atoms with Crippen LogP contribution in [0.25, 0.3) is 9.88 Å². The SMILES string of the molecule is Cc1nc(-c2cccs2)sc1C(=O)NCc1ccc2c(c1)OCO2. The van der Waals surface area contributed by atoms with Crippen LogP contribution in [0.3, 0.4) is 0 Å². The third-order valence-electron chi connectivity index (χ3n) is 3.62. The van der Waals surface area contributed by atoms with Gasteiger partial charge in [-0.05, 0) is 36.1 Å². The van der Waals surface area contributed by atoms with Gasteiger partial charge in [0.2, 0.25) is 6.79 Å². The Labute approximate surface area is 146 Å². The number of carbonyl (C=O) groups is 1. The van der Waals surface area contributed by atoms with Gasteiger partial charge < -0.3 is 14.8 Å². The number of nitrogens with one attached hydrogen (secondary N) is 1. The Morgan fingerprint density at radius 1 is 1.29 bits per heavy atom. The molecule has 1 aromatic carbocycles. The van der Waals surface area contributed by atoms with Crippen molar-refractivity contribution < 1.29 is 14.3 Å². The molecule has 1 N–H and O–H groups in total. The van der Waals surface area contributed by atoms with Crippen LogP contribution in [0.5, 0.6) is 11.5 Å². The molecular formula is C17H14N2O3S2. The molecule has 3 aromatic rings. The lowest BCUT2D eigenvalue weighted by atomic mass is 10.2. The number of amides is 1. The minimum atomic E-state index is -0.106. The maximum Gasteiger partial charge on any atom is 0.263 e. The highest BCUT2D eigenvalue weighted by Gasteiger charge is 2.17. The molecule has 24 heavy (non-hydrogen) atoms. The van der Waals surface area contributed by atoms with Gasteiger partial charge in [0.1, 0.15) is 9.88 Å². The van der Waals surface area contributed by atoms with Crippen molar-refractivity contribution >= 4 is 28.6 Å². The zero-order valence-electron chi connectivity index (χ0n) is 12.9. The fraction of sp³-hybridized carbons (Fsp3) is 0.176. The number of aryl methyl sites for hydroxylation is 1. The summed E-state index contributed by atoms with van der Waals surface area (Å²) in [6.07, 6.45) is 0. The van der Waals surface area contributed by atoms with Crippen LogP contribution in [0.15, 0.2) is 35.7 Å². The van der Waals surface area contributed by atoms with Crippen LogP contribution in [0, 0.1) is 6.92 Å². The van der Waals surface area contributed by atoms with Crippen molar-refractivity contribution in [2.45, 2.75) is 13.5 Å². The number of benzene rings is 1. The van der Waals surface area contributed by atoms with E-state index in [0.29, 0.717) is 11.4 Å². The topological polar surface area (TPSA) is 60.5 Å². The number of thiazole rings is 1. The van der Waals surface area contributed by atoms with Crippen LogP contribution in [-0.4, -0.2) is 17.7 Å². The summed E-state index contributed by atoms with van der Waals surface area (Å²) in [6, 6.07) is 9.66. The van der Waals surface area contributed by atoms with E-state index in [1.54, 1.807) is 11.3 Å². The monoisotopic (exact) mass is 358 g/mol. The van der Waals surface area contributed by atoms with Gasteiger partial charge >= 0.3 is 0 Å². The van der Waals surface area contributed by atoms with Gasteiger partial charge in [0.15, 0.2) is 11.5 Å². The Morgan fingerprint density at radius 2 is 2.17 bits per heavy atom. The zero-order chi connectivity index (χ0) is 16.5. The molecule has 1 aliphatic heterocycles. The van der Waals surface area contributed by atoms with E-state index < -0.39 is 0 Å². The molecule has 2 aromatic heterocycles. The van der Waals surface area contributed by atoms with Crippen LogP contribution >= 0.6 is 22.7 Å². The van der Waals surface area contributed by atoms with Gasteiger partial charge in [-0.1, -0.05) is 12.1 Å². The predicted octanol–water partition coefficient (Wildman–Crippen LogP) is 3.84. The molecule has 3 heterocycles. The molecule has 0 fully saturated rings. The van der Waals surface area contributed by atoms with Crippen LogP contribution < -0.4 is 14.8 Å². The second kappa shape index (κ2) is 6.26. The smallest absolute Gasteiger partial charge is 0.263 e. The number of nitrogens with zero attached hydrogens (tertiary/aromatic N) is 1. The first-order valence-electron chi connectivity index (χ1n) is 7.39. The molecule has 0 saturated carbocycles. The van der Waals surface area contributed by atoms with Crippen molar-refractivity contribution in [1.29, 1.82) is 0 Å². The van der Waals surface area contributed by atoms with Crippen LogP contribution in [0.1, 0.15) is 20.9 Å². The van der Waals surface area contributed by atoms with E-state index >= 15 is 0 Å². The largest absolute Gasteiger partial charge is 0.454 e. The molecule has 0 atom stereocenters. The van der Waals surface area contributed by atoms with E-state index in [2.05, 4.69) is 10.3 Å². The van der Waals surface area contributed by atoms with Crippen molar-refractivity contribution in [1.82, 2.24) is 10.3 Å². The van der Waals surface area contributed by atoms with Gasteiger partial charge in [0.25, 0.3) is 5.91 Å². The third-order valence-corrected chi connectivity index (χ3v) is 5.82. The summed E-state index contributed by atoms with van der Waals surface area (Å²) in [7, 11) is 0. The van der Waals surface area contributed by atoms with Crippen LogP contribution in [0.2, 0.25) is 0 Å². The quantitative estimate of drug-likeness (QED) is 0.770. The lowest BCUT2D eigenvalue weighted by Gasteiger charge is -2.05. The average Bonchev–Trinajstić information content (AvgIpc) is 3.31.